The molecule has 2 aliphatic heterocycles. The summed E-state index contributed by atoms with van der Waals surface area (Å²) in [4.78, 5) is 6.96. The first kappa shape index (κ1) is 12.4. The van der Waals surface area contributed by atoms with Crippen LogP contribution in [-0.2, 0) is 11.8 Å². The number of rotatable bonds is 1. The van der Waals surface area contributed by atoms with Gasteiger partial charge in [0.1, 0.15) is 5.41 Å². The van der Waals surface area contributed by atoms with Crippen molar-refractivity contribution in [2.45, 2.75) is 30.7 Å². The second-order valence-electron chi connectivity index (χ2n) is 5.96. The lowest BCUT2D eigenvalue weighted by Gasteiger charge is -2.44. The maximum atomic E-state index is 10.1. The molecule has 3 heterocycles. The monoisotopic (exact) mass is 275 g/mol. The fourth-order valence-corrected chi connectivity index (χ4v) is 3.99. The summed E-state index contributed by atoms with van der Waals surface area (Å²) in [7, 11) is 0. The molecular weight excluding hydrogens is 258 g/mol. The van der Waals surface area contributed by atoms with Gasteiger partial charge in [-0.1, -0.05) is 24.3 Å². The summed E-state index contributed by atoms with van der Waals surface area (Å²) in [5, 5.41) is 10.1. The SMILES string of the molecule is N#C[C@@]1(c2ccccn2)Cc2ccccc2N2CCC[C@H]21. The average molecular weight is 275 g/mol. The van der Waals surface area contributed by atoms with Gasteiger partial charge in [0.2, 0.25) is 0 Å². The number of nitriles is 1. The van der Waals surface area contributed by atoms with Crippen LogP contribution in [0.2, 0.25) is 0 Å². The Balaban J connectivity index is 1.92. The highest BCUT2D eigenvalue weighted by Gasteiger charge is 2.50. The fourth-order valence-electron chi connectivity index (χ4n) is 3.99. The van der Waals surface area contributed by atoms with Crippen LogP contribution in [0.4, 0.5) is 5.69 Å². The molecule has 1 saturated heterocycles. The molecule has 0 spiro atoms. The van der Waals surface area contributed by atoms with Crippen molar-refractivity contribution in [3.05, 3.63) is 59.9 Å². The molecule has 1 fully saturated rings. The second-order valence-corrected chi connectivity index (χ2v) is 5.96. The van der Waals surface area contributed by atoms with Gasteiger partial charge in [0, 0.05) is 24.8 Å². The minimum absolute atomic E-state index is 0.243. The van der Waals surface area contributed by atoms with Gasteiger partial charge in [-0.2, -0.15) is 5.26 Å². The quantitative estimate of drug-likeness (QED) is 0.803. The molecule has 2 aliphatic rings. The summed E-state index contributed by atoms with van der Waals surface area (Å²) in [6.45, 7) is 1.04. The fraction of sp³-hybridized carbons (Fsp3) is 0.333. The minimum Gasteiger partial charge on any atom is -0.366 e. The number of fused-ring (bicyclic) bond motifs is 3. The lowest BCUT2D eigenvalue weighted by atomic mass is 9.70. The van der Waals surface area contributed by atoms with E-state index in [1.807, 2.05) is 18.2 Å². The summed E-state index contributed by atoms with van der Waals surface area (Å²) in [6, 6.07) is 17.3. The predicted molar refractivity (Wildman–Crippen MR) is 82.0 cm³/mol. The van der Waals surface area contributed by atoms with Crippen molar-refractivity contribution < 1.29 is 0 Å². The Labute approximate surface area is 124 Å². The smallest absolute Gasteiger partial charge is 0.123 e. The Morgan fingerprint density at radius 3 is 2.86 bits per heavy atom. The highest BCUT2D eigenvalue weighted by Crippen LogP contribution is 2.46. The van der Waals surface area contributed by atoms with E-state index in [4.69, 9.17) is 0 Å². The molecule has 0 radical (unpaired) electrons. The van der Waals surface area contributed by atoms with E-state index in [1.165, 1.54) is 11.3 Å². The number of pyridine rings is 1. The minimum atomic E-state index is -0.522. The normalized spacial score (nSPS) is 26.8. The van der Waals surface area contributed by atoms with E-state index in [1.54, 1.807) is 6.20 Å². The number of anilines is 1. The van der Waals surface area contributed by atoms with Crippen LogP contribution < -0.4 is 4.90 Å². The molecule has 2 aromatic rings. The van der Waals surface area contributed by atoms with Crippen LogP contribution in [0.3, 0.4) is 0 Å². The van der Waals surface area contributed by atoms with Crippen molar-refractivity contribution in [3.8, 4) is 6.07 Å². The largest absolute Gasteiger partial charge is 0.366 e. The van der Waals surface area contributed by atoms with Gasteiger partial charge in [-0.05, 0) is 36.6 Å². The molecule has 1 aromatic carbocycles. The molecule has 4 rings (SSSR count). The highest BCUT2D eigenvalue weighted by atomic mass is 15.2. The lowest BCUT2D eigenvalue weighted by molar-refractivity contribution is 0.401. The topological polar surface area (TPSA) is 39.9 Å². The molecule has 3 heteroatoms. The van der Waals surface area contributed by atoms with Crippen molar-refractivity contribution >= 4 is 5.69 Å². The van der Waals surface area contributed by atoms with E-state index >= 15 is 0 Å². The van der Waals surface area contributed by atoms with Gasteiger partial charge < -0.3 is 4.90 Å². The first-order chi connectivity index (χ1) is 10.3. The number of hydrogen-bond donors (Lipinski definition) is 0. The van der Waals surface area contributed by atoms with E-state index in [9.17, 15) is 5.26 Å². The van der Waals surface area contributed by atoms with Crippen molar-refractivity contribution in [2.24, 2.45) is 0 Å². The number of nitrogens with zero attached hydrogens (tertiary/aromatic N) is 3. The Hall–Kier alpha value is -2.34. The second kappa shape index (κ2) is 4.60. The van der Waals surface area contributed by atoms with Crippen LogP contribution in [-0.4, -0.2) is 17.6 Å². The van der Waals surface area contributed by atoms with Crippen LogP contribution >= 0.6 is 0 Å². The Kier molecular flexibility index (Phi) is 2.71. The van der Waals surface area contributed by atoms with Gasteiger partial charge in [0.25, 0.3) is 0 Å². The first-order valence-corrected chi connectivity index (χ1v) is 7.52. The van der Waals surface area contributed by atoms with Crippen molar-refractivity contribution in [1.29, 1.82) is 5.26 Å². The van der Waals surface area contributed by atoms with Crippen LogP contribution in [0, 0.1) is 11.3 Å². The van der Waals surface area contributed by atoms with E-state index in [0.29, 0.717) is 0 Å². The third kappa shape index (κ3) is 1.69. The molecule has 0 amide bonds. The van der Waals surface area contributed by atoms with Crippen LogP contribution in [0.1, 0.15) is 24.1 Å². The van der Waals surface area contributed by atoms with Crippen molar-refractivity contribution in [2.75, 3.05) is 11.4 Å². The first-order valence-electron chi connectivity index (χ1n) is 7.52. The molecule has 3 nitrogen and oxygen atoms in total. The number of para-hydroxylation sites is 1. The average Bonchev–Trinajstić information content (AvgIpc) is 3.05. The third-order valence-corrected chi connectivity index (χ3v) is 4.91. The highest BCUT2D eigenvalue weighted by molar-refractivity contribution is 5.62. The molecule has 21 heavy (non-hydrogen) atoms. The van der Waals surface area contributed by atoms with Crippen molar-refractivity contribution in [1.82, 2.24) is 4.98 Å². The summed E-state index contributed by atoms with van der Waals surface area (Å²) < 4.78 is 0. The van der Waals surface area contributed by atoms with E-state index < -0.39 is 5.41 Å². The Morgan fingerprint density at radius 2 is 2.05 bits per heavy atom. The summed E-state index contributed by atoms with van der Waals surface area (Å²) >= 11 is 0. The molecule has 1 aromatic heterocycles. The molecule has 2 atom stereocenters. The molecule has 0 unspecified atom stereocenters. The van der Waals surface area contributed by atoms with Gasteiger partial charge in [0.15, 0.2) is 0 Å². The number of aromatic nitrogens is 1. The lowest BCUT2D eigenvalue weighted by Crippen LogP contribution is -2.52. The number of benzene rings is 1. The summed E-state index contributed by atoms with van der Waals surface area (Å²) in [6.07, 6.45) is 4.78. The van der Waals surface area contributed by atoms with E-state index in [0.717, 1.165) is 31.5 Å². The Bertz CT molecular complexity index is 704. The standard InChI is InChI=1S/C18H17N3/c19-13-18(16-8-3-4-10-20-16)12-14-6-1-2-7-15(14)21-11-5-9-17(18)21/h1-4,6-8,10,17H,5,9,11-12H2/t17-,18+/m0/s1. The predicted octanol–water partition coefficient (Wildman–Crippen LogP) is 3.07. The van der Waals surface area contributed by atoms with Crippen molar-refractivity contribution in [3.63, 3.8) is 0 Å². The van der Waals surface area contributed by atoms with Crippen LogP contribution in [0.5, 0.6) is 0 Å². The van der Waals surface area contributed by atoms with Gasteiger partial charge in [-0.25, -0.2) is 0 Å². The van der Waals surface area contributed by atoms with Gasteiger partial charge in [-0.3, -0.25) is 4.98 Å². The molecule has 0 aliphatic carbocycles. The van der Waals surface area contributed by atoms with Gasteiger partial charge in [0.05, 0.1) is 17.8 Å². The zero-order valence-corrected chi connectivity index (χ0v) is 11.9. The summed E-state index contributed by atoms with van der Waals surface area (Å²) in [5.41, 5.74) is 2.97. The maximum Gasteiger partial charge on any atom is 0.123 e. The third-order valence-electron chi connectivity index (χ3n) is 4.91. The van der Waals surface area contributed by atoms with Gasteiger partial charge in [-0.15, -0.1) is 0 Å². The molecule has 0 N–H and O–H groups in total. The van der Waals surface area contributed by atoms with Crippen LogP contribution in [0.15, 0.2) is 48.7 Å². The molecule has 0 saturated carbocycles. The maximum absolute atomic E-state index is 10.1. The molecule has 104 valence electrons. The van der Waals surface area contributed by atoms with E-state index in [2.05, 4.69) is 40.2 Å². The number of hydrogen-bond acceptors (Lipinski definition) is 3. The molecule has 0 bridgehead atoms. The van der Waals surface area contributed by atoms with E-state index in [-0.39, 0.29) is 6.04 Å². The Morgan fingerprint density at radius 1 is 1.19 bits per heavy atom. The summed E-state index contributed by atoms with van der Waals surface area (Å²) in [5.74, 6) is 0. The van der Waals surface area contributed by atoms with Gasteiger partial charge >= 0.3 is 0 Å². The zero-order valence-electron chi connectivity index (χ0n) is 11.9. The zero-order chi connectivity index (χ0) is 14.3. The van der Waals surface area contributed by atoms with Crippen LogP contribution in [0.25, 0.3) is 0 Å². The molecular formula is C18H17N3.